The Morgan fingerprint density at radius 3 is 2.77 bits per heavy atom. The van der Waals surface area contributed by atoms with Crippen molar-refractivity contribution in [2.75, 3.05) is 37.8 Å². The summed E-state index contributed by atoms with van der Waals surface area (Å²) in [7, 11) is 0. The third-order valence-corrected chi connectivity index (χ3v) is 5.27. The number of ether oxygens (including phenoxy) is 2. The van der Waals surface area contributed by atoms with E-state index in [9.17, 15) is 0 Å². The lowest BCUT2D eigenvalue weighted by Gasteiger charge is -2.23. The number of rotatable bonds is 8. The molecular formula is C20H27N3O2S. The molecule has 0 aromatic heterocycles. The number of anilines is 2. The van der Waals surface area contributed by atoms with E-state index in [-0.39, 0.29) is 0 Å². The van der Waals surface area contributed by atoms with Gasteiger partial charge in [-0.3, -0.25) is 0 Å². The number of hydrogen-bond acceptors (Lipinski definition) is 6. The molecule has 0 saturated carbocycles. The average Bonchev–Trinajstić information content (AvgIpc) is 2.66. The second-order valence-corrected chi connectivity index (χ2v) is 7.56. The molecule has 1 fully saturated rings. The number of unbranched alkanes of at least 4 members (excludes halogenated alkanes) is 1. The van der Waals surface area contributed by atoms with E-state index in [4.69, 9.17) is 20.9 Å². The Hall–Kier alpha value is -1.89. The topological polar surface area (TPSA) is 82.5 Å². The maximum Gasteiger partial charge on any atom is 0.120 e. The highest BCUT2D eigenvalue weighted by molar-refractivity contribution is 7.99. The Labute approximate surface area is 159 Å². The van der Waals surface area contributed by atoms with Gasteiger partial charge in [0, 0.05) is 22.9 Å². The van der Waals surface area contributed by atoms with Crippen molar-refractivity contribution in [3.8, 4) is 5.75 Å². The van der Waals surface area contributed by atoms with E-state index in [0.717, 1.165) is 61.1 Å². The summed E-state index contributed by atoms with van der Waals surface area (Å²) in [5.74, 6) is 0.897. The van der Waals surface area contributed by atoms with Crippen LogP contribution in [0.1, 0.15) is 19.3 Å². The van der Waals surface area contributed by atoms with Gasteiger partial charge in [0.15, 0.2) is 0 Å². The number of morpholine rings is 1. The van der Waals surface area contributed by atoms with Crippen LogP contribution in [0.3, 0.4) is 0 Å². The van der Waals surface area contributed by atoms with E-state index in [2.05, 4.69) is 17.4 Å². The molecule has 5 N–H and O–H groups in total. The summed E-state index contributed by atoms with van der Waals surface area (Å²) in [6, 6.07) is 13.9. The smallest absolute Gasteiger partial charge is 0.120 e. The van der Waals surface area contributed by atoms with Crippen molar-refractivity contribution >= 4 is 23.1 Å². The van der Waals surface area contributed by atoms with Gasteiger partial charge < -0.3 is 26.3 Å². The number of hydrogen-bond donors (Lipinski definition) is 3. The Morgan fingerprint density at radius 2 is 1.96 bits per heavy atom. The van der Waals surface area contributed by atoms with Gasteiger partial charge in [0.2, 0.25) is 0 Å². The van der Waals surface area contributed by atoms with Gasteiger partial charge in [-0.15, -0.1) is 0 Å². The van der Waals surface area contributed by atoms with Crippen molar-refractivity contribution in [2.24, 2.45) is 0 Å². The Balaban J connectivity index is 1.42. The molecule has 0 spiro atoms. The summed E-state index contributed by atoms with van der Waals surface area (Å²) in [6.07, 6.45) is 3.60. The first-order chi connectivity index (χ1) is 12.7. The normalized spacial score (nSPS) is 17.2. The van der Waals surface area contributed by atoms with Crippen LogP contribution in [0.4, 0.5) is 11.4 Å². The van der Waals surface area contributed by atoms with Crippen LogP contribution in [0.25, 0.3) is 0 Å². The van der Waals surface area contributed by atoms with E-state index in [0.29, 0.717) is 17.5 Å². The molecule has 140 valence electrons. The summed E-state index contributed by atoms with van der Waals surface area (Å²) in [4.78, 5) is 2.18. The second kappa shape index (κ2) is 9.71. The predicted molar refractivity (Wildman–Crippen MR) is 108 cm³/mol. The summed E-state index contributed by atoms with van der Waals surface area (Å²) < 4.78 is 11.6. The third kappa shape index (κ3) is 5.83. The van der Waals surface area contributed by atoms with Gasteiger partial charge in [0.1, 0.15) is 5.75 Å². The molecule has 2 aromatic carbocycles. The van der Waals surface area contributed by atoms with E-state index in [1.54, 1.807) is 11.8 Å². The molecule has 0 radical (unpaired) electrons. The van der Waals surface area contributed by atoms with Gasteiger partial charge in [0.25, 0.3) is 0 Å². The number of benzene rings is 2. The molecule has 5 nitrogen and oxygen atoms in total. The van der Waals surface area contributed by atoms with Gasteiger partial charge in [-0.2, -0.15) is 0 Å². The number of nitrogen functional groups attached to an aromatic ring is 2. The maximum atomic E-state index is 5.90. The first-order valence-electron chi connectivity index (χ1n) is 9.09. The molecule has 6 heteroatoms. The summed E-state index contributed by atoms with van der Waals surface area (Å²) in [5, 5.41) is 3.36. The predicted octanol–water partition coefficient (Wildman–Crippen LogP) is 3.54. The van der Waals surface area contributed by atoms with Crippen molar-refractivity contribution in [2.45, 2.75) is 35.2 Å². The van der Waals surface area contributed by atoms with E-state index < -0.39 is 0 Å². The summed E-state index contributed by atoms with van der Waals surface area (Å²) >= 11 is 1.65. The zero-order valence-electron chi connectivity index (χ0n) is 14.9. The monoisotopic (exact) mass is 373 g/mol. The minimum atomic E-state index is 0.357. The van der Waals surface area contributed by atoms with Crippen LogP contribution in [0, 0.1) is 0 Å². The third-order valence-electron chi connectivity index (χ3n) is 4.29. The molecule has 2 aromatic rings. The minimum Gasteiger partial charge on any atom is -0.494 e. The largest absolute Gasteiger partial charge is 0.494 e. The highest BCUT2D eigenvalue weighted by atomic mass is 32.2. The zero-order chi connectivity index (χ0) is 18.2. The van der Waals surface area contributed by atoms with Crippen LogP contribution in [-0.4, -0.2) is 32.4 Å². The molecule has 1 aliphatic heterocycles. The molecule has 26 heavy (non-hydrogen) atoms. The number of nitrogens with two attached hydrogens (primary N) is 2. The summed E-state index contributed by atoms with van der Waals surface area (Å²) in [6.45, 7) is 3.49. The van der Waals surface area contributed by atoms with Gasteiger partial charge in [-0.1, -0.05) is 17.8 Å². The molecule has 0 bridgehead atoms. The number of nitrogens with one attached hydrogen (secondary N) is 1. The van der Waals surface area contributed by atoms with Crippen LogP contribution in [-0.2, 0) is 4.74 Å². The average molecular weight is 374 g/mol. The first-order valence-corrected chi connectivity index (χ1v) is 9.90. The van der Waals surface area contributed by atoms with E-state index >= 15 is 0 Å². The SMILES string of the molecule is Nc1ccc(Sc2cccc(OCCCCC3CNCCO3)c2)cc1N. The molecule has 1 unspecified atom stereocenters. The fourth-order valence-electron chi connectivity index (χ4n) is 2.85. The lowest BCUT2D eigenvalue weighted by atomic mass is 10.1. The molecule has 1 saturated heterocycles. The van der Waals surface area contributed by atoms with Gasteiger partial charge >= 0.3 is 0 Å². The van der Waals surface area contributed by atoms with Crippen molar-refractivity contribution in [3.05, 3.63) is 42.5 Å². The van der Waals surface area contributed by atoms with E-state index in [1.165, 1.54) is 0 Å². The molecule has 0 amide bonds. The Bertz CT molecular complexity index is 705. The minimum absolute atomic E-state index is 0.357. The van der Waals surface area contributed by atoms with Crippen molar-refractivity contribution < 1.29 is 9.47 Å². The molecule has 1 heterocycles. The molecule has 3 rings (SSSR count). The fraction of sp³-hybridized carbons (Fsp3) is 0.400. The van der Waals surface area contributed by atoms with Gasteiger partial charge in [-0.05, 0) is 55.7 Å². The van der Waals surface area contributed by atoms with E-state index in [1.807, 2.05) is 30.3 Å². The van der Waals surface area contributed by atoms with Crippen molar-refractivity contribution in [1.29, 1.82) is 0 Å². The lowest BCUT2D eigenvalue weighted by molar-refractivity contribution is 0.0216. The van der Waals surface area contributed by atoms with Crippen molar-refractivity contribution in [1.82, 2.24) is 5.32 Å². The lowest BCUT2D eigenvalue weighted by Crippen LogP contribution is -2.38. The second-order valence-electron chi connectivity index (χ2n) is 6.41. The van der Waals surface area contributed by atoms with Crippen LogP contribution in [0.15, 0.2) is 52.3 Å². The van der Waals surface area contributed by atoms with Gasteiger partial charge in [-0.25, -0.2) is 0 Å². The van der Waals surface area contributed by atoms with Crippen LogP contribution >= 0.6 is 11.8 Å². The highest BCUT2D eigenvalue weighted by Crippen LogP contribution is 2.32. The fourth-order valence-corrected chi connectivity index (χ4v) is 3.76. The van der Waals surface area contributed by atoms with Crippen LogP contribution in [0.2, 0.25) is 0 Å². The quantitative estimate of drug-likeness (QED) is 0.485. The molecule has 1 aliphatic rings. The van der Waals surface area contributed by atoms with Crippen LogP contribution < -0.4 is 21.5 Å². The first kappa shape index (κ1) is 18.9. The summed E-state index contributed by atoms with van der Waals surface area (Å²) in [5.41, 5.74) is 12.9. The molecule has 1 atom stereocenters. The standard InChI is InChI=1S/C20H27N3O2S/c21-19-8-7-18(13-20(19)22)26-17-6-3-5-15(12-17)24-10-2-1-4-16-14-23-9-11-25-16/h3,5-8,12-13,16,23H,1-2,4,9-11,14,21-22H2. The van der Waals surface area contributed by atoms with Crippen LogP contribution in [0.5, 0.6) is 5.75 Å². The van der Waals surface area contributed by atoms with Crippen molar-refractivity contribution in [3.63, 3.8) is 0 Å². The highest BCUT2D eigenvalue weighted by Gasteiger charge is 2.12. The Kier molecular flexibility index (Phi) is 7.05. The molecular weight excluding hydrogens is 346 g/mol. The molecule has 0 aliphatic carbocycles. The van der Waals surface area contributed by atoms with Gasteiger partial charge in [0.05, 0.1) is 30.7 Å². The maximum absolute atomic E-state index is 5.90. The zero-order valence-corrected chi connectivity index (χ0v) is 15.8. The Morgan fingerprint density at radius 1 is 1.08 bits per heavy atom.